The standard InChI is InChI=1S/C17H18N4/c18-14-3-1-13(9-14)17-20-15-4-2-12(10-16(15)21-17)11-5-7-19-8-6-11/h2,4-8,10,13-14H,1,3,9,18H2,(H,20,21)/t13-,14+/m1/s1. The Hall–Kier alpha value is -2.20. The summed E-state index contributed by atoms with van der Waals surface area (Å²) in [6.45, 7) is 0. The highest BCUT2D eigenvalue weighted by Gasteiger charge is 2.25. The van der Waals surface area contributed by atoms with E-state index in [1.807, 2.05) is 24.5 Å². The summed E-state index contributed by atoms with van der Waals surface area (Å²) in [6, 6.07) is 10.7. The molecule has 3 N–H and O–H groups in total. The molecule has 0 spiro atoms. The Morgan fingerprint density at radius 3 is 2.67 bits per heavy atom. The second-order valence-corrected chi connectivity index (χ2v) is 5.86. The first kappa shape index (κ1) is 12.5. The first-order valence-electron chi connectivity index (χ1n) is 7.45. The Morgan fingerprint density at radius 2 is 1.90 bits per heavy atom. The molecule has 0 aliphatic heterocycles. The van der Waals surface area contributed by atoms with E-state index in [9.17, 15) is 0 Å². The highest BCUT2D eigenvalue weighted by atomic mass is 14.9. The number of aromatic amines is 1. The largest absolute Gasteiger partial charge is 0.342 e. The van der Waals surface area contributed by atoms with E-state index in [1.54, 1.807) is 0 Å². The summed E-state index contributed by atoms with van der Waals surface area (Å²) >= 11 is 0. The highest BCUT2D eigenvalue weighted by Crippen LogP contribution is 2.33. The van der Waals surface area contributed by atoms with E-state index >= 15 is 0 Å². The van der Waals surface area contributed by atoms with Crippen LogP contribution in [0.5, 0.6) is 0 Å². The van der Waals surface area contributed by atoms with Gasteiger partial charge in [0.2, 0.25) is 0 Å². The van der Waals surface area contributed by atoms with Gasteiger partial charge in [0.1, 0.15) is 5.82 Å². The second-order valence-electron chi connectivity index (χ2n) is 5.86. The Kier molecular flexibility index (Phi) is 2.97. The molecule has 1 aromatic carbocycles. The second kappa shape index (κ2) is 4.97. The summed E-state index contributed by atoms with van der Waals surface area (Å²) in [5, 5.41) is 0. The number of nitrogens with two attached hydrogens (primary N) is 1. The van der Waals surface area contributed by atoms with E-state index in [4.69, 9.17) is 10.7 Å². The molecule has 1 aliphatic carbocycles. The van der Waals surface area contributed by atoms with Gasteiger partial charge >= 0.3 is 0 Å². The van der Waals surface area contributed by atoms with E-state index < -0.39 is 0 Å². The molecule has 2 atom stereocenters. The van der Waals surface area contributed by atoms with Crippen molar-refractivity contribution >= 4 is 11.0 Å². The summed E-state index contributed by atoms with van der Waals surface area (Å²) in [5.41, 5.74) is 10.5. The maximum atomic E-state index is 6.01. The average molecular weight is 278 g/mol. The molecule has 0 amide bonds. The lowest BCUT2D eigenvalue weighted by molar-refractivity contribution is 0.651. The van der Waals surface area contributed by atoms with Crippen LogP contribution < -0.4 is 5.73 Å². The number of nitrogens with one attached hydrogen (secondary N) is 1. The van der Waals surface area contributed by atoms with Crippen molar-refractivity contribution in [1.29, 1.82) is 0 Å². The molecule has 1 fully saturated rings. The van der Waals surface area contributed by atoms with Crippen LogP contribution in [0.4, 0.5) is 0 Å². The number of hydrogen-bond donors (Lipinski definition) is 2. The smallest absolute Gasteiger partial charge is 0.110 e. The minimum Gasteiger partial charge on any atom is -0.342 e. The lowest BCUT2D eigenvalue weighted by atomic mass is 10.1. The predicted octanol–water partition coefficient (Wildman–Crippen LogP) is 3.22. The van der Waals surface area contributed by atoms with Crippen molar-refractivity contribution in [1.82, 2.24) is 15.0 Å². The molecule has 106 valence electrons. The number of rotatable bonds is 2. The average Bonchev–Trinajstić information content (AvgIpc) is 3.13. The molecular weight excluding hydrogens is 260 g/mol. The van der Waals surface area contributed by atoms with E-state index in [-0.39, 0.29) is 0 Å². The van der Waals surface area contributed by atoms with Crippen LogP contribution in [0.15, 0.2) is 42.7 Å². The topological polar surface area (TPSA) is 67.6 Å². The van der Waals surface area contributed by atoms with Crippen molar-refractivity contribution < 1.29 is 0 Å². The van der Waals surface area contributed by atoms with E-state index in [0.29, 0.717) is 12.0 Å². The van der Waals surface area contributed by atoms with Crippen LogP contribution in [-0.2, 0) is 0 Å². The molecular formula is C17H18N4. The number of pyridine rings is 1. The number of aromatic nitrogens is 3. The molecule has 4 heteroatoms. The van der Waals surface area contributed by atoms with Gasteiger partial charge in [-0.25, -0.2) is 4.98 Å². The Balaban J connectivity index is 1.72. The zero-order valence-corrected chi connectivity index (χ0v) is 11.8. The van der Waals surface area contributed by atoms with Crippen molar-refractivity contribution in [3.05, 3.63) is 48.5 Å². The predicted molar refractivity (Wildman–Crippen MR) is 83.9 cm³/mol. The molecule has 21 heavy (non-hydrogen) atoms. The third-order valence-corrected chi connectivity index (χ3v) is 4.37. The number of imidazole rings is 1. The third kappa shape index (κ3) is 2.32. The molecule has 1 saturated carbocycles. The first-order chi connectivity index (χ1) is 10.3. The number of nitrogens with zero attached hydrogens (tertiary/aromatic N) is 2. The van der Waals surface area contributed by atoms with Gasteiger partial charge in [-0.1, -0.05) is 6.07 Å². The zero-order chi connectivity index (χ0) is 14.2. The zero-order valence-electron chi connectivity index (χ0n) is 11.8. The normalized spacial score (nSPS) is 22.0. The lowest BCUT2D eigenvalue weighted by Gasteiger charge is -2.04. The van der Waals surface area contributed by atoms with Gasteiger partial charge in [0.05, 0.1) is 11.0 Å². The van der Waals surface area contributed by atoms with Crippen molar-refractivity contribution in [3.63, 3.8) is 0 Å². The van der Waals surface area contributed by atoms with Gasteiger partial charge in [-0.05, 0) is 54.7 Å². The van der Waals surface area contributed by atoms with Gasteiger partial charge in [-0.3, -0.25) is 4.98 Å². The fourth-order valence-electron chi connectivity index (χ4n) is 3.21. The third-order valence-electron chi connectivity index (χ3n) is 4.37. The number of fused-ring (bicyclic) bond motifs is 1. The van der Waals surface area contributed by atoms with Gasteiger partial charge in [0, 0.05) is 24.4 Å². The van der Waals surface area contributed by atoms with Crippen molar-refractivity contribution in [2.45, 2.75) is 31.2 Å². The van der Waals surface area contributed by atoms with Gasteiger partial charge in [0.25, 0.3) is 0 Å². The fraction of sp³-hybridized carbons (Fsp3) is 0.294. The molecule has 3 aromatic rings. The van der Waals surface area contributed by atoms with Crippen LogP contribution in [0.3, 0.4) is 0 Å². The summed E-state index contributed by atoms with van der Waals surface area (Å²) < 4.78 is 0. The summed E-state index contributed by atoms with van der Waals surface area (Å²) in [4.78, 5) is 12.3. The first-order valence-corrected chi connectivity index (χ1v) is 7.45. The maximum absolute atomic E-state index is 6.01. The summed E-state index contributed by atoms with van der Waals surface area (Å²) in [5.74, 6) is 1.57. The maximum Gasteiger partial charge on any atom is 0.110 e. The van der Waals surface area contributed by atoms with E-state index in [0.717, 1.165) is 36.1 Å². The fourth-order valence-corrected chi connectivity index (χ4v) is 3.21. The van der Waals surface area contributed by atoms with Crippen LogP contribution in [0.1, 0.15) is 31.0 Å². The van der Waals surface area contributed by atoms with Crippen LogP contribution in [0.2, 0.25) is 0 Å². The van der Waals surface area contributed by atoms with Crippen LogP contribution in [0.25, 0.3) is 22.2 Å². The molecule has 2 aromatic heterocycles. The van der Waals surface area contributed by atoms with Crippen LogP contribution in [0, 0.1) is 0 Å². The van der Waals surface area contributed by atoms with Gasteiger partial charge in [0.15, 0.2) is 0 Å². The molecule has 2 heterocycles. The van der Waals surface area contributed by atoms with E-state index in [2.05, 4.69) is 28.2 Å². The quantitative estimate of drug-likeness (QED) is 0.756. The van der Waals surface area contributed by atoms with Gasteiger partial charge in [-0.15, -0.1) is 0 Å². The number of H-pyrrole nitrogens is 1. The minimum atomic E-state index is 0.329. The van der Waals surface area contributed by atoms with E-state index in [1.165, 1.54) is 11.1 Å². The van der Waals surface area contributed by atoms with Crippen LogP contribution in [-0.4, -0.2) is 21.0 Å². The van der Waals surface area contributed by atoms with Crippen molar-refractivity contribution in [3.8, 4) is 11.1 Å². The Morgan fingerprint density at radius 1 is 1.05 bits per heavy atom. The molecule has 0 radical (unpaired) electrons. The lowest BCUT2D eigenvalue weighted by Crippen LogP contribution is -2.14. The summed E-state index contributed by atoms with van der Waals surface area (Å²) in [7, 11) is 0. The minimum absolute atomic E-state index is 0.329. The Bertz CT molecular complexity index is 763. The number of hydrogen-bond acceptors (Lipinski definition) is 3. The molecule has 4 rings (SSSR count). The molecule has 1 aliphatic rings. The van der Waals surface area contributed by atoms with Crippen molar-refractivity contribution in [2.75, 3.05) is 0 Å². The molecule has 0 bridgehead atoms. The Labute approximate surface area is 123 Å². The molecule has 4 nitrogen and oxygen atoms in total. The summed E-state index contributed by atoms with van der Waals surface area (Å²) in [6.07, 6.45) is 6.91. The SMILES string of the molecule is N[C@H]1CC[C@@H](c2nc3ccc(-c4ccncc4)cc3[nH]2)C1. The molecule has 0 unspecified atom stereocenters. The van der Waals surface area contributed by atoms with Crippen LogP contribution >= 0.6 is 0 Å². The monoisotopic (exact) mass is 278 g/mol. The van der Waals surface area contributed by atoms with Gasteiger partial charge < -0.3 is 10.7 Å². The highest BCUT2D eigenvalue weighted by molar-refractivity contribution is 5.82. The van der Waals surface area contributed by atoms with Crippen molar-refractivity contribution in [2.24, 2.45) is 5.73 Å². The van der Waals surface area contributed by atoms with Gasteiger partial charge in [-0.2, -0.15) is 0 Å². The molecule has 0 saturated heterocycles. The number of benzene rings is 1.